The topological polar surface area (TPSA) is 137 Å². The third-order valence-corrected chi connectivity index (χ3v) is 5.40. The molecule has 0 aliphatic carbocycles. The minimum absolute atomic E-state index is 0.0313. The molecule has 1 heterocycles. The molecule has 1 aliphatic rings. The first-order chi connectivity index (χ1) is 14.1. The highest BCUT2D eigenvalue weighted by molar-refractivity contribution is 14.1. The van der Waals surface area contributed by atoms with Crippen LogP contribution in [0.25, 0.3) is 11.1 Å². The molecule has 1 saturated heterocycles. The van der Waals surface area contributed by atoms with Gasteiger partial charge in [-0.3, -0.25) is 0 Å². The van der Waals surface area contributed by atoms with Crippen LogP contribution >= 0.6 is 22.6 Å². The number of benzene rings is 2. The van der Waals surface area contributed by atoms with Gasteiger partial charge >= 0.3 is 5.97 Å². The molecule has 0 saturated carbocycles. The van der Waals surface area contributed by atoms with E-state index in [1.807, 2.05) is 0 Å². The second-order valence-electron chi connectivity index (χ2n) is 6.58. The van der Waals surface area contributed by atoms with E-state index >= 15 is 0 Å². The largest absolute Gasteiger partial charge is 0.478 e. The molecule has 1 fully saturated rings. The summed E-state index contributed by atoms with van der Waals surface area (Å²) < 4.78 is 38.2. The quantitative estimate of drug-likeness (QED) is 0.358. The van der Waals surface area contributed by atoms with Gasteiger partial charge in [0, 0.05) is 11.6 Å². The van der Waals surface area contributed by atoms with E-state index in [2.05, 4.69) is 0 Å². The van der Waals surface area contributed by atoms with Crippen molar-refractivity contribution >= 4 is 28.6 Å². The summed E-state index contributed by atoms with van der Waals surface area (Å²) in [5.41, 5.74) is -0.288. The standard InChI is InChI=1S/C19H17F2IO8/c20-8-1-2-9(11(21)5-8)7-3-10(18(27)28)17(12(22)4-7)30-19-16(26)15(25)14(24)13(6-23)29-19/h1-5,13-16,19,23-26H,6H2,(H,27,28)/t13?,14-,15?,16+,19+/m1/s1. The maximum absolute atomic E-state index is 14.1. The van der Waals surface area contributed by atoms with E-state index in [1.165, 1.54) is 12.1 Å². The first-order valence-electron chi connectivity index (χ1n) is 8.63. The maximum Gasteiger partial charge on any atom is 0.339 e. The third-order valence-electron chi connectivity index (χ3n) is 4.60. The highest BCUT2D eigenvalue weighted by atomic mass is 127. The van der Waals surface area contributed by atoms with Crippen LogP contribution in [0, 0.1) is 15.2 Å². The Hall–Kier alpha value is -1.90. The Morgan fingerprint density at radius 1 is 1.10 bits per heavy atom. The van der Waals surface area contributed by atoms with Crippen molar-refractivity contribution < 1.29 is 48.6 Å². The number of hydrogen-bond donors (Lipinski definition) is 5. The molecule has 2 unspecified atom stereocenters. The predicted octanol–water partition coefficient (Wildman–Crippen LogP) is 1.11. The Bertz CT molecular complexity index is 954. The van der Waals surface area contributed by atoms with E-state index in [9.17, 15) is 39.1 Å². The molecule has 2 aromatic carbocycles. The van der Waals surface area contributed by atoms with Crippen molar-refractivity contribution in [2.75, 3.05) is 6.61 Å². The van der Waals surface area contributed by atoms with Crippen LogP contribution in [-0.4, -0.2) is 68.8 Å². The molecular formula is C19H17F2IO8. The number of aromatic carboxylic acids is 1. The summed E-state index contributed by atoms with van der Waals surface area (Å²) in [6, 6.07) is 5.37. The van der Waals surface area contributed by atoms with Crippen LogP contribution in [0.2, 0.25) is 0 Å². The number of hydrogen-bond acceptors (Lipinski definition) is 7. The molecule has 30 heavy (non-hydrogen) atoms. The summed E-state index contributed by atoms with van der Waals surface area (Å²) in [5, 5.41) is 48.7. The zero-order chi connectivity index (χ0) is 22.2. The Balaban J connectivity index is 2.00. The Kier molecular flexibility index (Phi) is 6.89. The first-order valence-corrected chi connectivity index (χ1v) is 9.71. The van der Waals surface area contributed by atoms with Crippen LogP contribution in [0.5, 0.6) is 5.75 Å². The van der Waals surface area contributed by atoms with Crippen LogP contribution in [0.15, 0.2) is 30.3 Å². The highest BCUT2D eigenvalue weighted by Gasteiger charge is 2.45. The fraction of sp³-hybridized carbons (Fsp3) is 0.316. The van der Waals surface area contributed by atoms with Crippen molar-refractivity contribution in [1.82, 2.24) is 0 Å². The van der Waals surface area contributed by atoms with Crippen LogP contribution in [-0.2, 0) is 4.74 Å². The highest BCUT2D eigenvalue weighted by Crippen LogP contribution is 2.35. The summed E-state index contributed by atoms with van der Waals surface area (Å²) in [5.74, 6) is -3.34. The lowest BCUT2D eigenvalue weighted by atomic mass is 9.99. The summed E-state index contributed by atoms with van der Waals surface area (Å²) in [6.07, 6.45) is -7.90. The molecule has 162 valence electrons. The number of halogens is 3. The zero-order valence-corrected chi connectivity index (χ0v) is 17.2. The average molecular weight is 538 g/mol. The molecule has 3 rings (SSSR count). The van der Waals surface area contributed by atoms with Crippen LogP contribution in [0.4, 0.5) is 8.78 Å². The van der Waals surface area contributed by atoms with Crippen molar-refractivity contribution in [1.29, 1.82) is 0 Å². The molecule has 5 N–H and O–H groups in total. The fourth-order valence-electron chi connectivity index (χ4n) is 3.03. The molecular weight excluding hydrogens is 521 g/mol. The molecule has 0 aromatic heterocycles. The van der Waals surface area contributed by atoms with Crippen LogP contribution in [0.1, 0.15) is 10.4 Å². The second-order valence-corrected chi connectivity index (χ2v) is 7.74. The van der Waals surface area contributed by atoms with E-state index in [4.69, 9.17) is 9.47 Å². The lowest BCUT2D eigenvalue weighted by Gasteiger charge is -2.39. The number of aliphatic hydroxyl groups excluding tert-OH is 4. The van der Waals surface area contributed by atoms with Crippen molar-refractivity contribution in [3.05, 3.63) is 51.1 Å². The van der Waals surface area contributed by atoms with Crippen molar-refractivity contribution in [2.24, 2.45) is 0 Å². The molecule has 2 aromatic rings. The smallest absolute Gasteiger partial charge is 0.339 e. The predicted molar refractivity (Wildman–Crippen MR) is 106 cm³/mol. The van der Waals surface area contributed by atoms with Gasteiger partial charge in [0.2, 0.25) is 6.29 Å². The Labute approximate surface area is 182 Å². The Morgan fingerprint density at radius 2 is 1.80 bits per heavy atom. The minimum atomic E-state index is -1.74. The lowest BCUT2D eigenvalue weighted by molar-refractivity contribution is -0.277. The van der Waals surface area contributed by atoms with Gasteiger partial charge in [0.05, 0.1) is 10.2 Å². The van der Waals surface area contributed by atoms with Gasteiger partial charge < -0.3 is 35.0 Å². The van der Waals surface area contributed by atoms with Gasteiger partial charge in [0.15, 0.2) is 5.75 Å². The van der Waals surface area contributed by atoms with Crippen molar-refractivity contribution in [3.8, 4) is 16.9 Å². The number of carboxylic acid groups (broad SMARTS) is 1. The molecule has 11 heteroatoms. The average Bonchev–Trinajstić information content (AvgIpc) is 2.69. The van der Waals surface area contributed by atoms with Crippen molar-refractivity contribution in [2.45, 2.75) is 30.7 Å². The van der Waals surface area contributed by atoms with E-state index < -0.39 is 60.5 Å². The number of aliphatic hydroxyl groups is 4. The van der Waals surface area contributed by atoms with E-state index in [-0.39, 0.29) is 20.4 Å². The Morgan fingerprint density at radius 3 is 2.40 bits per heavy atom. The number of carboxylic acids is 1. The van der Waals surface area contributed by atoms with E-state index in [0.717, 1.165) is 12.1 Å². The summed E-state index contributed by atoms with van der Waals surface area (Å²) >= 11 is 1.73. The SMILES string of the molecule is O=C(O)c1cc(-c2ccc(F)cc2F)cc(I)c1O[C@@H]1OC(CO)[C@@H](O)C(O)[C@@H]1O. The van der Waals surface area contributed by atoms with Gasteiger partial charge in [-0.05, 0) is 52.4 Å². The van der Waals surface area contributed by atoms with Crippen LogP contribution < -0.4 is 4.74 Å². The number of carbonyl (C=O) groups is 1. The minimum Gasteiger partial charge on any atom is -0.478 e. The third kappa shape index (κ3) is 4.40. The zero-order valence-electron chi connectivity index (χ0n) is 15.1. The normalized spacial score (nSPS) is 26.4. The van der Waals surface area contributed by atoms with Crippen molar-refractivity contribution in [3.63, 3.8) is 0 Å². The molecule has 8 nitrogen and oxygen atoms in total. The summed E-state index contributed by atoms with van der Waals surface area (Å²) in [7, 11) is 0. The second kappa shape index (κ2) is 9.08. The van der Waals surface area contributed by atoms with Gasteiger partial charge in [-0.15, -0.1) is 0 Å². The van der Waals surface area contributed by atoms with Gasteiger partial charge in [0.25, 0.3) is 0 Å². The monoisotopic (exact) mass is 538 g/mol. The molecule has 0 spiro atoms. The van der Waals surface area contributed by atoms with Gasteiger partial charge in [-0.2, -0.15) is 0 Å². The molecule has 0 amide bonds. The molecule has 0 radical (unpaired) electrons. The summed E-state index contributed by atoms with van der Waals surface area (Å²) in [6.45, 7) is -0.684. The van der Waals surface area contributed by atoms with Gasteiger partial charge in [-0.1, -0.05) is 0 Å². The summed E-state index contributed by atoms with van der Waals surface area (Å²) in [4.78, 5) is 11.8. The number of ether oxygens (including phenoxy) is 2. The maximum atomic E-state index is 14.1. The fourth-order valence-corrected chi connectivity index (χ4v) is 3.79. The molecule has 5 atom stereocenters. The number of rotatable bonds is 5. The van der Waals surface area contributed by atoms with Crippen LogP contribution in [0.3, 0.4) is 0 Å². The first kappa shape index (κ1) is 22.8. The van der Waals surface area contributed by atoms with E-state index in [1.54, 1.807) is 22.6 Å². The molecule has 1 aliphatic heterocycles. The van der Waals surface area contributed by atoms with Gasteiger partial charge in [0.1, 0.15) is 41.6 Å². The molecule has 0 bridgehead atoms. The van der Waals surface area contributed by atoms with Gasteiger partial charge in [-0.25, -0.2) is 13.6 Å². The lowest BCUT2D eigenvalue weighted by Crippen LogP contribution is -2.60. The van der Waals surface area contributed by atoms with E-state index in [0.29, 0.717) is 6.07 Å².